The maximum atomic E-state index is 12.7. The van der Waals surface area contributed by atoms with Crippen LogP contribution in [0.5, 0.6) is 11.5 Å². The van der Waals surface area contributed by atoms with Crippen molar-refractivity contribution in [2.45, 2.75) is 6.36 Å². The minimum absolute atomic E-state index is 0.131. The fraction of sp³-hybridized carbons (Fsp3) is 0.125. The maximum Gasteiger partial charge on any atom is 0.573 e. The zero-order valence-corrected chi connectivity index (χ0v) is 7.01. The van der Waals surface area contributed by atoms with Crippen molar-refractivity contribution in [2.75, 3.05) is 0 Å². The van der Waals surface area contributed by atoms with Crippen LogP contribution in [0.25, 0.3) is 0 Å². The normalized spacial score (nSPS) is 11.2. The number of hydrogen-bond acceptors (Lipinski definition) is 3. The SMILES string of the molecule is O=Cc1cc(F)c(O)c(OC(F)(F)F)c1. The molecule has 1 aromatic rings. The Hall–Kier alpha value is -1.79. The molecule has 0 spiro atoms. The van der Waals surface area contributed by atoms with E-state index in [0.29, 0.717) is 12.1 Å². The first kappa shape index (κ1) is 11.3. The summed E-state index contributed by atoms with van der Waals surface area (Å²) >= 11 is 0. The number of carbonyl (C=O) groups is 1. The predicted octanol–water partition coefficient (Wildman–Crippen LogP) is 2.24. The number of aldehydes is 1. The van der Waals surface area contributed by atoms with E-state index in [4.69, 9.17) is 5.11 Å². The summed E-state index contributed by atoms with van der Waals surface area (Å²) in [6.07, 6.45) is -4.93. The Balaban J connectivity index is 3.16. The van der Waals surface area contributed by atoms with Gasteiger partial charge >= 0.3 is 6.36 Å². The van der Waals surface area contributed by atoms with Gasteiger partial charge in [-0.3, -0.25) is 4.79 Å². The molecule has 15 heavy (non-hydrogen) atoms. The van der Waals surface area contributed by atoms with E-state index in [0.717, 1.165) is 0 Å². The third kappa shape index (κ3) is 2.83. The predicted molar refractivity (Wildman–Crippen MR) is 40.1 cm³/mol. The lowest BCUT2D eigenvalue weighted by Crippen LogP contribution is -2.17. The van der Waals surface area contributed by atoms with Crippen LogP contribution < -0.4 is 4.74 Å². The highest BCUT2D eigenvalue weighted by molar-refractivity contribution is 5.76. The van der Waals surface area contributed by atoms with Gasteiger partial charge in [0.25, 0.3) is 0 Å². The molecule has 0 bridgehead atoms. The molecule has 0 radical (unpaired) electrons. The van der Waals surface area contributed by atoms with Gasteiger partial charge in [0.1, 0.15) is 6.29 Å². The molecule has 0 saturated heterocycles. The average molecular weight is 224 g/mol. The molecule has 1 aromatic carbocycles. The van der Waals surface area contributed by atoms with Gasteiger partial charge in [0.15, 0.2) is 17.3 Å². The van der Waals surface area contributed by atoms with E-state index in [9.17, 15) is 22.4 Å². The van der Waals surface area contributed by atoms with Crippen LogP contribution in [0.4, 0.5) is 17.6 Å². The second kappa shape index (κ2) is 3.76. The molecular formula is C8H4F4O3. The molecule has 0 aromatic heterocycles. The van der Waals surface area contributed by atoms with Crippen LogP contribution in [-0.2, 0) is 0 Å². The Kier molecular flexibility index (Phi) is 2.83. The van der Waals surface area contributed by atoms with Crippen LogP contribution in [0.3, 0.4) is 0 Å². The van der Waals surface area contributed by atoms with Crippen LogP contribution in [0.15, 0.2) is 12.1 Å². The molecule has 0 aliphatic rings. The van der Waals surface area contributed by atoms with E-state index in [2.05, 4.69) is 4.74 Å². The molecular weight excluding hydrogens is 220 g/mol. The van der Waals surface area contributed by atoms with Gasteiger partial charge < -0.3 is 9.84 Å². The molecule has 1 N–H and O–H groups in total. The zero-order chi connectivity index (χ0) is 11.6. The van der Waals surface area contributed by atoms with Crippen molar-refractivity contribution in [2.24, 2.45) is 0 Å². The summed E-state index contributed by atoms with van der Waals surface area (Å²) < 4.78 is 51.3. The maximum absolute atomic E-state index is 12.7. The Morgan fingerprint density at radius 2 is 1.93 bits per heavy atom. The van der Waals surface area contributed by atoms with E-state index >= 15 is 0 Å². The van der Waals surface area contributed by atoms with Crippen molar-refractivity contribution >= 4 is 6.29 Å². The second-order valence-electron chi connectivity index (χ2n) is 2.52. The van der Waals surface area contributed by atoms with Crippen LogP contribution in [0, 0.1) is 5.82 Å². The van der Waals surface area contributed by atoms with Crippen molar-refractivity contribution in [1.82, 2.24) is 0 Å². The van der Waals surface area contributed by atoms with Gasteiger partial charge in [-0.15, -0.1) is 13.2 Å². The number of ether oxygens (including phenoxy) is 1. The molecule has 0 amide bonds. The molecule has 1 rings (SSSR count). The van der Waals surface area contributed by atoms with Crippen molar-refractivity contribution in [3.63, 3.8) is 0 Å². The number of rotatable bonds is 2. The van der Waals surface area contributed by atoms with Crippen LogP contribution in [-0.4, -0.2) is 17.8 Å². The van der Waals surface area contributed by atoms with Gasteiger partial charge in [0.05, 0.1) is 0 Å². The van der Waals surface area contributed by atoms with Gasteiger partial charge in [0.2, 0.25) is 0 Å². The molecule has 7 heteroatoms. The first-order chi connectivity index (χ1) is 6.83. The van der Waals surface area contributed by atoms with Crippen molar-refractivity contribution < 1.29 is 32.2 Å². The fourth-order valence-corrected chi connectivity index (χ4v) is 0.864. The molecule has 0 atom stereocenters. The van der Waals surface area contributed by atoms with Gasteiger partial charge in [-0.05, 0) is 12.1 Å². The van der Waals surface area contributed by atoms with Gasteiger partial charge in [0, 0.05) is 5.56 Å². The topological polar surface area (TPSA) is 46.5 Å². The number of carbonyl (C=O) groups excluding carboxylic acids is 1. The van der Waals surface area contributed by atoms with Crippen molar-refractivity contribution in [1.29, 1.82) is 0 Å². The lowest BCUT2D eigenvalue weighted by Gasteiger charge is -2.10. The standard InChI is InChI=1S/C8H4F4O3/c9-5-1-4(3-13)2-6(7(5)14)15-8(10,11)12/h1-3,14H. The molecule has 0 heterocycles. The third-order valence-corrected chi connectivity index (χ3v) is 1.41. The minimum atomic E-state index is -5.06. The highest BCUT2D eigenvalue weighted by atomic mass is 19.4. The fourth-order valence-electron chi connectivity index (χ4n) is 0.864. The molecule has 3 nitrogen and oxygen atoms in total. The Morgan fingerprint density at radius 3 is 2.40 bits per heavy atom. The molecule has 0 unspecified atom stereocenters. The van der Waals surface area contributed by atoms with Crippen molar-refractivity contribution in [3.05, 3.63) is 23.5 Å². The summed E-state index contributed by atoms with van der Waals surface area (Å²) in [7, 11) is 0. The lowest BCUT2D eigenvalue weighted by atomic mass is 10.2. The summed E-state index contributed by atoms with van der Waals surface area (Å²) in [5, 5.41) is 8.86. The lowest BCUT2D eigenvalue weighted by molar-refractivity contribution is -0.275. The van der Waals surface area contributed by atoms with Crippen LogP contribution >= 0.6 is 0 Å². The van der Waals surface area contributed by atoms with E-state index in [1.807, 2.05) is 0 Å². The summed E-state index contributed by atoms with van der Waals surface area (Å²) in [6.45, 7) is 0. The smallest absolute Gasteiger partial charge is 0.502 e. The van der Waals surface area contributed by atoms with E-state index in [-0.39, 0.29) is 11.8 Å². The number of halogens is 4. The number of hydrogen-bond donors (Lipinski definition) is 1. The summed E-state index contributed by atoms with van der Waals surface area (Å²) in [4.78, 5) is 10.2. The zero-order valence-electron chi connectivity index (χ0n) is 7.01. The van der Waals surface area contributed by atoms with Crippen LogP contribution in [0.1, 0.15) is 10.4 Å². The number of benzene rings is 1. The molecule has 0 aliphatic carbocycles. The van der Waals surface area contributed by atoms with Gasteiger partial charge in [-0.2, -0.15) is 0 Å². The number of phenols is 1. The molecule has 0 saturated carbocycles. The largest absolute Gasteiger partial charge is 0.573 e. The highest BCUT2D eigenvalue weighted by Crippen LogP contribution is 2.34. The second-order valence-corrected chi connectivity index (χ2v) is 2.52. The Labute approximate surface area is 80.9 Å². The van der Waals surface area contributed by atoms with Crippen LogP contribution in [0.2, 0.25) is 0 Å². The minimum Gasteiger partial charge on any atom is -0.502 e. The average Bonchev–Trinajstić information content (AvgIpc) is 2.10. The number of phenolic OH excluding ortho intramolecular Hbond substituents is 1. The number of alkyl halides is 3. The van der Waals surface area contributed by atoms with E-state index in [1.165, 1.54) is 0 Å². The summed E-state index contributed by atoms with van der Waals surface area (Å²) in [6, 6.07) is 1.17. The Bertz CT molecular complexity index is 386. The molecule has 0 fully saturated rings. The quantitative estimate of drug-likeness (QED) is 0.619. The monoisotopic (exact) mass is 224 g/mol. The highest BCUT2D eigenvalue weighted by Gasteiger charge is 2.33. The van der Waals surface area contributed by atoms with E-state index < -0.39 is 23.7 Å². The first-order valence-electron chi connectivity index (χ1n) is 3.57. The van der Waals surface area contributed by atoms with Crippen molar-refractivity contribution in [3.8, 4) is 11.5 Å². The third-order valence-electron chi connectivity index (χ3n) is 1.41. The van der Waals surface area contributed by atoms with E-state index in [1.54, 1.807) is 0 Å². The molecule has 82 valence electrons. The molecule has 0 aliphatic heterocycles. The van der Waals surface area contributed by atoms with Gasteiger partial charge in [-0.1, -0.05) is 0 Å². The van der Waals surface area contributed by atoms with Gasteiger partial charge in [-0.25, -0.2) is 4.39 Å². The Morgan fingerprint density at radius 1 is 1.33 bits per heavy atom. The summed E-state index contributed by atoms with van der Waals surface area (Å²) in [5.74, 6) is -3.80. The number of aromatic hydroxyl groups is 1. The summed E-state index contributed by atoms with van der Waals surface area (Å²) in [5.41, 5.74) is -0.371. The first-order valence-corrected chi connectivity index (χ1v) is 3.57.